The molecule has 0 N–H and O–H groups in total. The second kappa shape index (κ2) is 7.23. The van der Waals surface area contributed by atoms with Gasteiger partial charge in [-0.05, 0) is 24.3 Å². The molecule has 24 heavy (non-hydrogen) atoms. The number of sulfonamides is 1. The number of benzene rings is 1. The number of nitrogens with zero attached hydrogens (tertiary/aromatic N) is 2. The van der Waals surface area contributed by atoms with Crippen LogP contribution in [0.4, 0.5) is 0 Å². The Morgan fingerprint density at radius 1 is 1.00 bits per heavy atom. The first-order valence-electron chi connectivity index (χ1n) is 7.27. The van der Waals surface area contributed by atoms with Gasteiger partial charge in [0.2, 0.25) is 10.0 Å². The summed E-state index contributed by atoms with van der Waals surface area (Å²) >= 11 is 17.9. The molecule has 3 rings (SSSR count). The second-order valence-corrected chi connectivity index (χ2v) is 8.58. The van der Waals surface area contributed by atoms with Crippen molar-refractivity contribution >= 4 is 44.8 Å². The lowest BCUT2D eigenvalue weighted by Crippen LogP contribution is -2.48. The van der Waals surface area contributed by atoms with Crippen LogP contribution in [0, 0.1) is 0 Å². The molecule has 1 aromatic heterocycles. The molecule has 0 radical (unpaired) electrons. The number of hydrogen-bond acceptors (Lipinski definition) is 4. The van der Waals surface area contributed by atoms with E-state index in [1.807, 2.05) is 12.1 Å². The molecule has 0 aliphatic carbocycles. The maximum Gasteiger partial charge on any atom is 0.244 e. The second-order valence-electron chi connectivity index (χ2n) is 5.46. The Bertz CT molecular complexity index is 817. The highest BCUT2D eigenvalue weighted by molar-refractivity contribution is 7.89. The van der Waals surface area contributed by atoms with Crippen molar-refractivity contribution in [2.24, 2.45) is 0 Å². The van der Waals surface area contributed by atoms with Gasteiger partial charge in [-0.3, -0.25) is 4.90 Å². The van der Waals surface area contributed by atoms with Crippen LogP contribution in [-0.4, -0.2) is 43.8 Å². The van der Waals surface area contributed by atoms with Crippen molar-refractivity contribution in [1.29, 1.82) is 0 Å². The molecule has 0 amide bonds. The van der Waals surface area contributed by atoms with Crippen molar-refractivity contribution in [3.8, 4) is 0 Å². The molecule has 1 aromatic carbocycles. The average molecular weight is 410 g/mol. The molecule has 9 heteroatoms. The van der Waals surface area contributed by atoms with E-state index in [0.29, 0.717) is 32.7 Å². The quantitative estimate of drug-likeness (QED) is 0.722. The minimum atomic E-state index is -3.71. The summed E-state index contributed by atoms with van der Waals surface area (Å²) in [5.74, 6) is 0.860. The van der Waals surface area contributed by atoms with Gasteiger partial charge in [-0.15, -0.1) is 0 Å². The third-order valence-electron chi connectivity index (χ3n) is 3.88. The van der Waals surface area contributed by atoms with Gasteiger partial charge in [0.25, 0.3) is 0 Å². The van der Waals surface area contributed by atoms with Crippen molar-refractivity contribution in [2.45, 2.75) is 11.4 Å². The molecule has 1 aliphatic rings. The smallest absolute Gasteiger partial charge is 0.244 e. The van der Waals surface area contributed by atoms with Crippen LogP contribution in [0.1, 0.15) is 5.76 Å². The van der Waals surface area contributed by atoms with Gasteiger partial charge in [0, 0.05) is 26.2 Å². The molecule has 0 bridgehead atoms. The van der Waals surface area contributed by atoms with Crippen molar-refractivity contribution in [2.75, 3.05) is 26.2 Å². The fourth-order valence-electron chi connectivity index (χ4n) is 2.59. The number of hydrogen-bond donors (Lipinski definition) is 0. The van der Waals surface area contributed by atoms with E-state index in [9.17, 15) is 8.42 Å². The molecule has 0 unspecified atom stereocenters. The lowest BCUT2D eigenvalue weighted by Gasteiger charge is -2.33. The molecule has 1 saturated heterocycles. The SMILES string of the molecule is O=S(=O)(c1cc(Cl)c(Cl)cc1Cl)N1CCN(Cc2ccco2)CC1. The van der Waals surface area contributed by atoms with Crippen LogP contribution in [0.2, 0.25) is 15.1 Å². The Morgan fingerprint density at radius 2 is 1.67 bits per heavy atom. The standard InChI is InChI=1S/C15H15Cl3N2O3S/c16-12-8-14(18)15(9-13(12)17)24(21,22)20-5-3-19(4-6-20)10-11-2-1-7-23-11/h1-2,7-9H,3-6,10H2. The van der Waals surface area contributed by atoms with E-state index in [1.54, 1.807) is 6.26 Å². The molecule has 1 fully saturated rings. The predicted octanol–water partition coefficient (Wildman–Crippen LogP) is 3.75. The van der Waals surface area contributed by atoms with Gasteiger partial charge in [0.05, 0.1) is 27.9 Å². The molecule has 0 atom stereocenters. The normalized spacial score (nSPS) is 17.3. The summed E-state index contributed by atoms with van der Waals surface area (Å²) in [5, 5.41) is 0.461. The van der Waals surface area contributed by atoms with Gasteiger partial charge in [-0.2, -0.15) is 4.31 Å². The Hall–Kier alpha value is -0.760. The molecule has 2 heterocycles. The Kier molecular flexibility index (Phi) is 5.44. The van der Waals surface area contributed by atoms with E-state index in [0.717, 1.165) is 5.76 Å². The highest BCUT2D eigenvalue weighted by Crippen LogP contribution is 2.33. The van der Waals surface area contributed by atoms with Gasteiger partial charge in [-0.25, -0.2) is 8.42 Å². The highest BCUT2D eigenvalue weighted by atomic mass is 35.5. The van der Waals surface area contributed by atoms with E-state index < -0.39 is 10.0 Å². The van der Waals surface area contributed by atoms with Crippen molar-refractivity contribution < 1.29 is 12.8 Å². The van der Waals surface area contributed by atoms with Gasteiger partial charge >= 0.3 is 0 Å². The number of furan rings is 1. The third kappa shape index (κ3) is 3.74. The summed E-state index contributed by atoms with van der Waals surface area (Å²) in [5.41, 5.74) is 0. The van der Waals surface area contributed by atoms with Gasteiger partial charge in [0.1, 0.15) is 10.7 Å². The zero-order chi connectivity index (χ0) is 17.3. The first kappa shape index (κ1) is 18.0. The van der Waals surface area contributed by atoms with E-state index in [-0.39, 0.29) is 20.0 Å². The minimum absolute atomic E-state index is 0.0157. The summed E-state index contributed by atoms with van der Waals surface area (Å²) < 4.78 is 32.3. The monoisotopic (exact) mass is 408 g/mol. The van der Waals surface area contributed by atoms with Gasteiger partial charge < -0.3 is 4.42 Å². The lowest BCUT2D eigenvalue weighted by atomic mass is 10.3. The van der Waals surface area contributed by atoms with Crippen LogP contribution < -0.4 is 0 Å². The highest BCUT2D eigenvalue weighted by Gasteiger charge is 2.30. The van der Waals surface area contributed by atoms with E-state index in [1.165, 1.54) is 16.4 Å². The Morgan fingerprint density at radius 3 is 2.29 bits per heavy atom. The predicted molar refractivity (Wildman–Crippen MR) is 94.2 cm³/mol. The molecule has 2 aromatic rings. The molecular weight excluding hydrogens is 395 g/mol. The minimum Gasteiger partial charge on any atom is -0.468 e. The average Bonchev–Trinajstić information content (AvgIpc) is 3.04. The van der Waals surface area contributed by atoms with Crippen LogP contribution in [0.15, 0.2) is 39.8 Å². The number of rotatable bonds is 4. The Labute approximate surface area is 155 Å². The summed E-state index contributed by atoms with van der Waals surface area (Å²) in [4.78, 5) is 2.12. The van der Waals surface area contributed by atoms with Gasteiger partial charge in [0.15, 0.2) is 0 Å². The maximum absolute atomic E-state index is 12.8. The number of piperazine rings is 1. The van der Waals surface area contributed by atoms with Crippen molar-refractivity contribution in [1.82, 2.24) is 9.21 Å². The van der Waals surface area contributed by atoms with E-state index in [4.69, 9.17) is 39.2 Å². The summed E-state index contributed by atoms with van der Waals surface area (Å²) in [7, 11) is -3.71. The third-order valence-corrected chi connectivity index (χ3v) is 6.97. The molecule has 0 saturated carbocycles. The van der Waals surface area contributed by atoms with Crippen molar-refractivity contribution in [3.63, 3.8) is 0 Å². The zero-order valence-electron chi connectivity index (χ0n) is 12.6. The van der Waals surface area contributed by atoms with Crippen molar-refractivity contribution in [3.05, 3.63) is 51.4 Å². The van der Waals surface area contributed by atoms with Crippen LogP contribution in [0.5, 0.6) is 0 Å². The fraction of sp³-hybridized carbons (Fsp3) is 0.333. The van der Waals surface area contributed by atoms with Crippen LogP contribution in [0.3, 0.4) is 0 Å². The van der Waals surface area contributed by atoms with Gasteiger partial charge in [-0.1, -0.05) is 34.8 Å². The maximum atomic E-state index is 12.8. The van der Waals surface area contributed by atoms with Crippen LogP contribution in [0.25, 0.3) is 0 Å². The molecular formula is C15H15Cl3N2O3S. The summed E-state index contributed by atoms with van der Waals surface area (Å²) in [6.07, 6.45) is 1.63. The molecule has 5 nitrogen and oxygen atoms in total. The largest absolute Gasteiger partial charge is 0.468 e. The summed E-state index contributed by atoms with van der Waals surface area (Å²) in [6, 6.07) is 6.39. The van der Waals surface area contributed by atoms with Crippen LogP contribution in [-0.2, 0) is 16.6 Å². The molecule has 130 valence electrons. The van der Waals surface area contributed by atoms with E-state index in [2.05, 4.69) is 4.90 Å². The molecule has 0 spiro atoms. The first-order valence-corrected chi connectivity index (χ1v) is 9.85. The fourth-order valence-corrected chi connectivity index (χ4v) is 4.99. The topological polar surface area (TPSA) is 53.8 Å². The number of halogens is 3. The summed E-state index contributed by atoms with van der Waals surface area (Å²) in [6.45, 7) is 2.63. The first-order chi connectivity index (χ1) is 11.4. The zero-order valence-corrected chi connectivity index (χ0v) is 15.7. The molecule has 1 aliphatic heterocycles. The van der Waals surface area contributed by atoms with E-state index >= 15 is 0 Å². The Balaban J connectivity index is 1.72. The van der Waals surface area contributed by atoms with Crippen LogP contribution >= 0.6 is 34.8 Å². The lowest BCUT2D eigenvalue weighted by molar-refractivity contribution is 0.171.